The third-order valence-electron chi connectivity index (χ3n) is 4.30. The first-order chi connectivity index (χ1) is 12.7. The molecule has 1 heterocycles. The van der Waals surface area contributed by atoms with E-state index in [-0.39, 0.29) is 5.91 Å². The summed E-state index contributed by atoms with van der Waals surface area (Å²) in [6.45, 7) is 4.17. The van der Waals surface area contributed by atoms with Crippen molar-refractivity contribution < 1.29 is 9.53 Å². The molecule has 0 unspecified atom stereocenters. The lowest BCUT2D eigenvalue weighted by Crippen LogP contribution is -2.14. The van der Waals surface area contributed by atoms with Gasteiger partial charge in [0.05, 0.1) is 7.11 Å². The number of aromatic nitrogens is 2. The Kier molecular flexibility index (Phi) is 5.63. The Morgan fingerprint density at radius 1 is 1.08 bits per heavy atom. The van der Waals surface area contributed by atoms with Crippen LogP contribution >= 0.6 is 11.5 Å². The minimum Gasteiger partial charge on any atom is -0.497 e. The average Bonchev–Trinajstić information content (AvgIpc) is 3.18. The van der Waals surface area contributed by atoms with Crippen LogP contribution in [0.4, 0.5) is 5.69 Å². The molecule has 0 atom stereocenters. The summed E-state index contributed by atoms with van der Waals surface area (Å²) in [7, 11) is 1.62. The monoisotopic (exact) mass is 367 g/mol. The van der Waals surface area contributed by atoms with Crippen molar-refractivity contribution in [2.24, 2.45) is 0 Å². The Balaban J connectivity index is 1.92. The number of para-hydroxylation sites is 1. The summed E-state index contributed by atoms with van der Waals surface area (Å²) in [5, 5.41) is 7.24. The maximum Gasteiger partial charge on any atom is 0.269 e. The minimum atomic E-state index is -0.179. The molecule has 0 aliphatic heterocycles. The van der Waals surface area contributed by atoms with E-state index in [2.05, 4.69) is 28.8 Å². The van der Waals surface area contributed by atoms with Crippen LogP contribution in [0, 0.1) is 0 Å². The van der Waals surface area contributed by atoms with E-state index in [1.807, 2.05) is 42.5 Å². The molecule has 1 aromatic heterocycles. The minimum absolute atomic E-state index is 0.179. The zero-order valence-corrected chi connectivity index (χ0v) is 15.9. The van der Waals surface area contributed by atoms with Crippen molar-refractivity contribution in [3.05, 3.63) is 58.5 Å². The van der Waals surface area contributed by atoms with Crippen molar-refractivity contribution >= 4 is 23.1 Å². The molecule has 3 rings (SSSR count). The standard InChI is InChI=1S/C20H21N3O2S/c1-4-13-7-6-8-14(5-2)17(13)21-20(24)19-18(22-23-26-19)15-9-11-16(25-3)12-10-15/h6-12H,4-5H2,1-3H3,(H,21,24). The highest BCUT2D eigenvalue weighted by Crippen LogP contribution is 2.28. The summed E-state index contributed by atoms with van der Waals surface area (Å²) >= 11 is 1.10. The predicted molar refractivity (Wildman–Crippen MR) is 105 cm³/mol. The highest BCUT2D eigenvalue weighted by atomic mass is 32.1. The molecule has 0 saturated heterocycles. The zero-order chi connectivity index (χ0) is 18.5. The number of carbonyl (C=O) groups is 1. The third kappa shape index (κ3) is 3.60. The number of anilines is 1. The van der Waals surface area contributed by atoms with E-state index in [0.29, 0.717) is 10.6 Å². The van der Waals surface area contributed by atoms with Crippen LogP contribution in [0.25, 0.3) is 11.3 Å². The largest absolute Gasteiger partial charge is 0.497 e. The van der Waals surface area contributed by atoms with E-state index >= 15 is 0 Å². The predicted octanol–water partition coefficient (Wildman–Crippen LogP) is 4.59. The Morgan fingerprint density at radius 2 is 1.73 bits per heavy atom. The molecule has 1 N–H and O–H groups in total. The van der Waals surface area contributed by atoms with Crippen LogP contribution in [0.5, 0.6) is 5.75 Å². The molecule has 0 spiro atoms. The third-order valence-corrected chi connectivity index (χ3v) is 5.02. The molecule has 1 amide bonds. The lowest BCUT2D eigenvalue weighted by molar-refractivity contribution is 0.103. The molecule has 0 saturated carbocycles. The van der Waals surface area contributed by atoms with E-state index in [0.717, 1.165) is 52.5 Å². The van der Waals surface area contributed by atoms with E-state index in [9.17, 15) is 4.79 Å². The highest BCUT2D eigenvalue weighted by Gasteiger charge is 2.20. The van der Waals surface area contributed by atoms with Gasteiger partial charge < -0.3 is 10.1 Å². The van der Waals surface area contributed by atoms with Gasteiger partial charge in [-0.25, -0.2) is 0 Å². The second-order valence-electron chi connectivity index (χ2n) is 5.79. The molecule has 0 bridgehead atoms. The van der Waals surface area contributed by atoms with Crippen LogP contribution < -0.4 is 10.1 Å². The number of benzene rings is 2. The number of carbonyl (C=O) groups excluding carboxylic acids is 1. The molecular weight excluding hydrogens is 346 g/mol. The van der Waals surface area contributed by atoms with Gasteiger partial charge in [-0.3, -0.25) is 4.79 Å². The maximum absolute atomic E-state index is 12.9. The van der Waals surface area contributed by atoms with Gasteiger partial charge in [0.2, 0.25) is 0 Å². The summed E-state index contributed by atoms with van der Waals surface area (Å²) < 4.78 is 9.17. The average molecular weight is 367 g/mol. The number of hydrogen-bond donors (Lipinski definition) is 1. The van der Waals surface area contributed by atoms with E-state index in [1.54, 1.807) is 7.11 Å². The van der Waals surface area contributed by atoms with E-state index < -0.39 is 0 Å². The molecule has 0 fully saturated rings. The lowest BCUT2D eigenvalue weighted by Gasteiger charge is -2.14. The molecular formula is C20H21N3O2S. The van der Waals surface area contributed by atoms with Gasteiger partial charge in [0.25, 0.3) is 5.91 Å². The smallest absolute Gasteiger partial charge is 0.269 e. The van der Waals surface area contributed by atoms with Gasteiger partial charge >= 0.3 is 0 Å². The summed E-state index contributed by atoms with van der Waals surface area (Å²) in [5.74, 6) is 0.578. The molecule has 0 aliphatic rings. The number of nitrogens with one attached hydrogen (secondary N) is 1. The number of nitrogens with zero attached hydrogens (tertiary/aromatic N) is 2. The number of ether oxygens (including phenoxy) is 1. The summed E-state index contributed by atoms with van der Waals surface area (Å²) in [4.78, 5) is 13.4. The zero-order valence-electron chi connectivity index (χ0n) is 15.1. The van der Waals surface area contributed by atoms with E-state index in [4.69, 9.17) is 4.74 Å². The van der Waals surface area contributed by atoms with Crippen LogP contribution in [-0.4, -0.2) is 22.6 Å². The highest BCUT2D eigenvalue weighted by molar-refractivity contribution is 7.08. The van der Waals surface area contributed by atoms with Gasteiger partial charge in [-0.2, -0.15) is 0 Å². The molecule has 134 valence electrons. The number of methoxy groups -OCH3 is 1. The summed E-state index contributed by atoms with van der Waals surface area (Å²) in [6, 6.07) is 13.6. The van der Waals surface area contributed by atoms with Crippen molar-refractivity contribution in [2.75, 3.05) is 12.4 Å². The molecule has 26 heavy (non-hydrogen) atoms. The second kappa shape index (κ2) is 8.10. The van der Waals surface area contributed by atoms with Crippen LogP contribution in [0.2, 0.25) is 0 Å². The fourth-order valence-corrected chi connectivity index (χ4v) is 3.43. The van der Waals surface area contributed by atoms with Crippen LogP contribution in [0.1, 0.15) is 34.6 Å². The quantitative estimate of drug-likeness (QED) is 0.692. The molecule has 3 aromatic rings. The van der Waals surface area contributed by atoms with Crippen LogP contribution in [0.3, 0.4) is 0 Å². The summed E-state index contributed by atoms with van der Waals surface area (Å²) in [5.41, 5.74) is 4.57. The van der Waals surface area contributed by atoms with Crippen molar-refractivity contribution in [2.45, 2.75) is 26.7 Å². The fraction of sp³-hybridized carbons (Fsp3) is 0.250. The number of hydrogen-bond acceptors (Lipinski definition) is 5. The van der Waals surface area contributed by atoms with Gasteiger partial charge in [0.15, 0.2) is 0 Å². The number of rotatable bonds is 6. The van der Waals surface area contributed by atoms with Crippen molar-refractivity contribution in [3.8, 4) is 17.0 Å². The second-order valence-corrected chi connectivity index (χ2v) is 6.55. The Morgan fingerprint density at radius 3 is 2.31 bits per heavy atom. The molecule has 6 heteroatoms. The first-order valence-electron chi connectivity index (χ1n) is 8.56. The van der Waals surface area contributed by atoms with Gasteiger partial charge in [-0.05, 0) is 59.8 Å². The fourth-order valence-electron chi connectivity index (χ4n) is 2.85. The lowest BCUT2D eigenvalue weighted by atomic mass is 10.0. The summed E-state index contributed by atoms with van der Waals surface area (Å²) in [6.07, 6.45) is 1.71. The Bertz CT molecular complexity index is 881. The molecule has 5 nitrogen and oxygen atoms in total. The normalized spacial score (nSPS) is 10.6. The van der Waals surface area contributed by atoms with Gasteiger partial charge in [-0.15, -0.1) is 5.10 Å². The van der Waals surface area contributed by atoms with Gasteiger partial charge in [-0.1, -0.05) is 36.5 Å². The van der Waals surface area contributed by atoms with Gasteiger partial charge in [0.1, 0.15) is 16.3 Å². The van der Waals surface area contributed by atoms with Crippen molar-refractivity contribution in [1.82, 2.24) is 9.59 Å². The van der Waals surface area contributed by atoms with Crippen LogP contribution in [-0.2, 0) is 12.8 Å². The van der Waals surface area contributed by atoms with E-state index in [1.165, 1.54) is 0 Å². The van der Waals surface area contributed by atoms with Crippen LogP contribution in [0.15, 0.2) is 42.5 Å². The Labute approximate surface area is 157 Å². The Hall–Kier alpha value is -2.73. The number of aryl methyl sites for hydroxylation is 2. The van der Waals surface area contributed by atoms with Crippen molar-refractivity contribution in [1.29, 1.82) is 0 Å². The first-order valence-corrected chi connectivity index (χ1v) is 9.34. The molecule has 0 radical (unpaired) electrons. The van der Waals surface area contributed by atoms with Gasteiger partial charge in [0, 0.05) is 11.3 Å². The topological polar surface area (TPSA) is 64.1 Å². The first kappa shape index (κ1) is 18.1. The number of amides is 1. The van der Waals surface area contributed by atoms with Crippen molar-refractivity contribution in [3.63, 3.8) is 0 Å². The SMILES string of the molecule is CCc1cccc(CC)c1NC(=O)c1snnc1-c1ccc(OC)cc1. The molecule has 2 aromatic carbocycles. The maximum atomic E-state index is 12.9. The molecule has 0 aliphatic carbocycles.